The molecular formula is C34H25BrN2. The lowest BCUT2D eigenvalue weighted by molar-refractivity contribution is 0.816. The highest BCUT2D eigenvalue weighted by molar-refractivity contribution is 9.10. The first kappa shape index (κ1) is 22.1. The second-order valence-corrected chi connectivity index (χ2v) is 10.4. The van der Waals surface area contributed by atoms with Crippen molar-refractivity contribution in [3.05, 3.63) is 149 Å². The Morgan fingerprint density at radius 3 is 2.30 bits per heavy atom. The predicted molar refractivity (Wildman–Crippen MR) is 159 cm³/mol. The first-order valence-electron chi connectivity index (χ1n) is 12.7. The Bertz CT molecular complexity index is 1660. The van der Waals surface area contributed by atoms with Crippen molar-refractivity contribution in [2.45, 2.75) is 12.3 Å². The third-order valence-electron chi connectivity index (χ3n) is 7.40. The molecule has 0 radical (unpaired) electrons. The van der Waals surface area contributed by atoms with Crippen molar-refractivity contribution in [2.24, 2.45) is 0 Å². The van der Waals surface area contributed by atoms with Gasteiger partial charge >= 0.3 is 0 Å². The van der Waals surface area contributed by atoms with Crippen molar-refractivity contribution < 1.29 is 0 Å². The first-order chi connectivity index (χ1) is 18.3. The Morgan fingerprint density at radius 2 is 1.43 bits per heavy atom. The minimum Gasteiger partial charge on any atom is -0.313 e. The van der Waals surface area contributed by atoms with Gasteiger partial charge in [-0.15, -0.1) is 0 Å². The summed E-state index contributed by atoms with van der Waals surface area (Å²) in [5.74, 6) is 0.381. The fraction of sp³-hybridized carbons (Fsp3) is 0.0588. The molecule has 0 bridgehead atoms. The van der Waals surface area contributed by atoms with E-state index in [1.54, 1.807) is 0 Å². The van der Waals surface area contributed by atoms with Crippen molar-refractivity contribution in [2.75, 3.05) is 9.80 Å². The number of hydrogen-bond donors (Lipinski definition) is 0. The molecule has 2 nitrogen and oxygen atoms in total. The smallest absolute Gasteiger partial charge is 0.0540 e. The highest BCUT2D eigenvalue weighted by atomic mass is 79.9. The molecule has 1 aliphatic carbocycles. The van der Waals surface area contributed by atoms with Crippen molar-refractivity contribution in [3.8, 4) is 0 Å². The van der Waals surface area contributed by atoms with E-state index < -0.39 is 0 Å². The molecule has 1 aliphatic heterocycles. The molecule has 0 fully saturated rings. The fourth-order valence-electron chi connectivity index (χ4n) is 5.77. The maximum atomic E-state index is 3.83. The van der Waals surface area contributed by atoms with Crippen LogP contribution in [0, 0.1) is 0 Å². The molecule has 3 heteroatoms. The van der Waals surface area contributed by atoms with E-state index in [1.807, 2.05) is 0 Å². The van der Waals surface area contributed by atoms with Gasteiger partial charge in [-0.25, -0.2) is 0 Å². The molecule has 0 N–H and O–H groups in total. The molecule has 1 atom stereocenters. The van der Waals surface area contributed by atoms with Crippen molar-refractivity contribution >= 4 is 55.1 Å². The van der Waals surface area contributed by atoms with Gasteiger partial charge in [-0.1, -0.05) is 88.7 Å². The van der Waals surface area contributed by atoms with Crippen LogP contribution in [0.4, 0.5) is 28.4 Å². The molecule has 1 heterocycles. The number of nitrogens with zero attached hydrogens (tertiary/aromatic N) is 2. The van der Waals surface area contributed by atoms with Crippen LogP contribution in [-0.2, 0) is 0 Å². The lowest BCUT2D eigenvalue weighted by atomic mass is 9.92. The Balaban J connectivity index is 1.35. The summed E-state index contributed by atoms with van der Waals surface area (Å²) in [5, 5.41) is 2.47. The van der Waals surface area contributed by atoms with Gasteiger partial charge in [0.15, 0.2) is 0 Å². The van der Waals surface area contributed by atoms with Crippen molar-refractivity contribution in [1.82, 2.24) is 0 Å². The number of benzene rings is 5. The predicted octanol–water partition coefficient (Wildman–Crippen LogP) is 10.2. The van der Waals surface area contributed by atoms with Crippen LogP contribution >= 0.6 is 15.9 Å². The molecule has 7 rings (SSSR count). The zero-order valence-electron chi connectivity index (χ0n) is 20.3. The Hall–Kier alpha value is -4.08. The van der Waals surface area contributed by atoms with E-state index in [1.165, 1.54) is 43.6 Å². The number of allylic oxidation sites excluding steroid dienone is 4. The van der Waals surface area contributed by atoms with E-state index in [0.29, 0.717) is 5.92 Å². The number of anilines is 5. The highest BCUT2D eigenvalue weighted by Crippen LogP contribution is 2.53. The van der Waals surface area contributed by atoms with Crippen LogP contribution in [0.1, 0.15) is 17.9 Å². The monoisotopic (exact) mass is 540 g/mol. The van der Waals surface area contributed by atoms with Crippen LogP contribution in [0.25, 0.3) is 10.8 Å². The van der Waals surface area contributed by atoms with Gasteiger partial charge in [0.25, 0.3) is 0 Å². The lowest BCUT2D eigenvalue weighted by Crippen LogP contribution is -2.15. The Labute approximate surface area is 225 Å². The molecular weight excluding hydrogens is 516 g/mol. The molecule has 5 aromatic carbocycles. The molecule has 0 saturated heterocycles. The van der Waals surface area contributed by atoms with Crippen LogP contribution in [-0.4, -0.2) is 0 Å². The number of fused-ring (bicyclic) bond motifs is 4. The fourth-order valence-corrected chi connectivity index (χ4v) is 6.40. The van der Waals surface area contributed by atoms with E-state index in [2.05, 4.69) is 159 Å². The van der Waals surface area contributed by atoms with Crippen LogP contribution in [0.3, 0.4) is 0 Å². The van der Waals surface area contributed by atoms with E-state index in [0.717, 1.165) is 17.8 Å². The third kappa shape index (κ3) is 3.70. The molecule has 178 valence electrons. The van der Waals surface area contributed by atoms with E-state index in [-0.39, 0.29) is 0 Å². The SMILES string of the molecule is Brc1cccc2c1C1CC=CC=C1N2c1ccc(N(c2ccccc2)c2cccc3ccccc23)cc1. The van der Waals surface area contributed by atoms with E-state index in [9.17, 15) is 0 Å². The number of para-hydroxylation sites is 1. The van der Waals surface area contributed by atoms with Gasteiger partial charge in [0.05, 0.1) is 11.4 Å². The molecule has 0 saturated carbocycles. The second kappa shape index (κ2) is 9.10. The molecule has 0 aromatic heterocycles. The summed E-state index contributed by atoms with van der Waals surface area (Å²) < 4.78 is 1.18. The maximum Gasteiger partial charge on any atom is 0.0540 e. The average Bonchev–Trinajstić information content (AvgIpc) is 3.30. The molecule has 0 amide bonds. The van der Waals surface area contributed by atoms with Gasteiger partial charge in [-0.3, -0.25) is 0 Å². The first-order valence-corrected chi connectivity index (χ1v) is 13.5. The molecule has 0 spiro atoms. The number of rotatable bonds is 4. The quantitative estimate of drug-likeness (QED) is 0.223. The standard InChI is InChI=1S/C34H25BrN2/c35-30-16-9-19-33-34(30)29-15-6-7-17-32(29)37(33)27-22-20-26(21-23-27)36(25-12-2-1-3-13-25)31-18-8-11-24-10-4-5-14-28(24)31/h1-14,16-23,29H,15H2. The second-order valence-electron chi connectivity index (χ2n) is 9.50. The Morgan fingerprint density at radius 1 is 0.703 bits per heavy atom. The summed E-state index contributed by atoms with van der Waals surface area (Å²) in [7, 11) is 0. The normalized spacial score (nSPS) is 15.9. The number of hydrogen-bond acceptors (Lipinski definition) is 2. The summed E-state index contributed by atoms with van der Waals surface area (Å²) >= 11 is 3.83. The lowest BCUT2D eigenvalue weighted by Gasteiger charge is -2.28. The summed E-state index contributed by atoms with van der Waals surface area (Å²) in [4.78, 5) is 4.77. The summed E-state index contributed by atoms with van der Waals surface area (Å²) in [6, 6.07) is 41.3. The van der Waals surface area contributed by atoms with Gasteiger partial charge in [0, 0.05) is 38.5 Å². The van der Waals surface area contributed by atoms with Gasteiger partial charge in [-0.05, 0) is 78.0 Å². The van der Waals surface area contributed by atoms with Gasteiger partial charge in [0.1, 0.15) is 0 Å². The zero-order valence-corrected chi connectivity index (χ0v) is 21.8. The topological polar surface area (TPSA) is 6.48 Å². The highest BCUT2D eigenvalue weighted by Gasteiger charge is 2.36. The minimum atomic E-state index is 0.381. The van der Waals surface area contributed by atoms with Crippen LogP contribution in [0.2, 0.25) is 0 Å². The van der Waals surface area contributed by atoms with Crippen molar-refractivity contribution in [1.29, 1.82) is 0 Å². The average molecular weight is 541 g/mol. The Kier molecular flexibility index (Phi) is 5.44. The summed E-state index contributed by atoms with van der Waals surface area (Å²) in [5.41, 5.74) is 8.60. The van der Waals surface area contributed by atoms with Crippen LogP contribution in [0.15, 0.2) is 144 Å². The largest absolute Gasteiger partial charge is 0.313 e. The number of halogens is 1. The molecule has 1 unspecified atom stereocenters. The van der Waals surface area contributed by atoms with E-state index >= 15 is 0 Å². The summed E-state index contributed by atoms with van der Waals surface area (Å²) in [6.07, 6.45) is 7.75. The molecule has 2 aliphatic rings. The van der Waals surface area contributed by atoms with Gasteiger partial charge < -0.3 is 9.80 Å². The van der Waals surface area contributed by atoms with Gasteiger partial charge in [0.2, 0.25) is 0 Å². The molecule has 5 aromatic rings. The molecule has 37 heavy (non-hydrogen) atoms. The zero-order chi connectivity index (χ0) is 24.8. The van der Waals surface area contributed by atoms with Crippen LogP contribution < -0.4 is 9.80 Å². The summed E-state index contributed by atoms with van der Waals surface area (Å²) in [6.45, 7) is 0. The van der Waals surface area contributed by atoms with Gasteiger partial charge in [-0.2, -0.15) is 0 Å². The van der Waals surface area contributed by atoms with Crippen molar-refractivity contribution in [3.63, 3.8) is 0 Å². The third-order valence-corrected chi connectivity index (χ3v) is 8.09. The van der Waals surface area contributed by atoms with E-state index in [4.69, 9.17) is 0 Å². The minimum absolute atomic E-state index is 0.381. The van der Waals surface area contributed by atoms with Crippen LogP contribution in [0.5, 0.6) is 0 Å². The maximum absolute atomic E-state index is 3.83.